The highest BCUT2D eigenvalue weighted by Crippen LogP contribution is 2.17. The summed E-state index contributed by atoms with van der Waals surface area (Å²) in [4.78, 5) is 50.9. The van der Waals surface area contributed by atoms with Crippen molar-refractivity contribution < 1.29 is 30.1 Å². The maximum Gasteiger partial charge on any atom is 0.279 e. The van der Waals surface area contributed by atoms with Crippen LogP contribution in [0.1, 0.15) is 18.4 Å². The summed E-state index contributed by atoms with van der Waals surface area (Å²) >= 11 is 0. The number of benzene rings is 2. The molecule has 1 aromatic heterocycles. The fourth-order valence-electron chi connectivity index (χ4n) is 4.10. The normalized spacial score (nSPS) is 12.2. The smallest absolute Gasteiger partial charge is 0.279 e. The number of aryl methyl sites for hydroxylation is 1. The molecule has 2 unspecified atom stereocenters. The number of rotatable bonds is 15. The fourth-order valence-corrected chi connectivity index (χ4v) is 4.10. The number of fused-ring (bicyclic) bond motifs is 1. The first-order valence-corrected chi connectivity index (χ1v) is 13.0. The Hall–Kier alpha value is -4.44. The zero-order valence-electron chi connectivity index (χ0n) is 22.2. The Kier molecular flexibility index (Phi) is 11.3. The van der Waals surface area contributed by atoms with Crippen molar-refractivity contribution in [3.05, 3.63) is 72.4 Å². The molecule has 3 amide bonds. The lowest BCUT2D eigenvalue weighted by molar-refractivity contribution is -0.454. The number of pyridine rings is 1. The largest absolute Gasteiger partial charge is 0.347 e. The van der Waals surface area contributed by atoms with E-state index >= 15 is 0 Å². The molecule has 0 aliphatic rings. The molecule has 2 aromatic carbocycles. The maximum atomic E-state index is 13.3. The second kappa shape index (κ2) is 15.1. The molecule has 1 heterocycles. The van der Waals surface area contributed by atoms with E-state index in [4.69, 9.17) is 0 Å². The number of aromatic nitrogens is 1. The van der Waals surface area contributed by atoms with Crippen LogP contribution in [0.4, 0.5) is 5.69 Å². The molecule has 0 bridgehead atoms. The van der Waals surface area contributed by atoms with E-state index in [0.29, 0.717) is 44.7 Å². The highest BCUT2D eigenvalue weighted by molar-refractivity contribution is 5.99. The van der Waals surface area contributed by atoms with Crippen LogP contribution in [0.5, 0.6) is 0 Å². The first-order chi connectivity index (χ1) is 18.9. The molecule has 10 heteroatoms. The topological polar surface area (TPSA) is 147 Å². The minimum absolute atomic E-state index is 0.0816. The minimum atomic E-state index is -0.866. The third-order valence-electron chi connectivity index (χ3n) is 6.32. The zero-order valence-corrected chi connectivity index (χ0v) is 22.2. The number of nitrogens with one attached hydrogen (secondary N) is 4. The molecule has 0 spiro atoms. The molecule has 2 atom stereocenters. The lowest BCUT2D eigenvalue weighted by Crippen LogP contribution is -2.72. The maximum absolute atomic E-state index is 13.3. The van der Waals surface area contributed by atoms with Crippen molar-refractivity contribution in [2.45, 2.75) is 31.3 Å². The molecule has 3 aromatic rings. The molecule has 0 aliphatic carbocycles. The second-order valence-corrected chi connectivity index (χ2v) is 9.27. The van der Waals surface area contributed by atoms with Gasteiger partial charge < -0.3 is 21.3 Å². The van der Waals surface area contributed by atoms with Gasteiger partial charge in [-0.3, -0.25) is 29.4 Å². The van der Waals surface area contributed by atoms with Gasteiger partial charge in [-0.2, -0.15) is 0 Å². The zero-order chi connectivity index (χ0) is 28.0. The van der Waals surface area contributed by atoms with Crippen LogP contribution in [-0.2, 0) is 20.8 Å². The average molecular weight is 533 g/mol. The number of hydrogen-bond acceptors (Lipinski definition) is 4. The van der Waals surface area contributed by atoms with Gasteiger partial charge in [0.2, 0.25) is 11.8 Å². The van der Waals surface area contributed by atoms with Gasteiger partial charge in [0.1, 0.15) is 19.5 Å². The fraction of sp³-hybridized carbons (Fsp3) is 0.310. The third kappa shape index (κ3) is 9.11. The Bertz CT molecular complexity index is 1270. The first-order valence-electron chi connectivity index (χ1n) is 13.0. The van der Waals surface area contributed by atoms with Gasteiger partial charge in [0.05, 0.1) is 36.9 Å². The van der Waals surface area contributed by atoms with Crippen molar-refractivity contribution in [2.24, 2.45) is 0 Å². The number of carbonyl (C=O) groups excluding carboxylic acids is 3. The van der Waals surface area contributed by atoms with E-state index in [1.54, 1.807) is 11.1 Å². The standard InChI is InChI=1S/C29H35N7O3/c1-31-14-16-36(17-15-32-2)27(37)19-24(30)28(38)35-26(13-12-21-8-4-3-5-9-21)29(39)34-23-18-22-10-6-7-11-25(22)33-20-23/h3-11,18,20,24,26H,1-2,12-17,19,30H2,(H,34,39)(H,35,38)/p+3. The Morgan fingerprint density at radius 2 is 1.62 bits per heavy atom. The minimum Gasteiger partial charge on any atom is -0.347 e. The Labute approximate surface area is 228 Å². The third-order valence-corrected chi connectivity index (χ3v) is 6.32. The summed E-state index contributed by atoms with van der Waals surface area (Å²) in [5.41, 5.74) is 6.32. The molecule has 0 radical (unpaired) electrons. The quantitative estimate of drug-likeness (QED) is 0.140. The van der Waals surface area contributed by atoms with E-state index in [1.165, 1.54) is 0 Å². The van der Waals surface area contributed by atoms with E-state index in [0.717, 1.165) is 16.5 Å². The molecule has 0 fully saturated rings. The Morgan fingerprint density at radius 1 is 0.949 bits per heavy atom. The molecule has 0 saturated carbocycles. The van der Waals surface area contributed by atoms with Gasteiger partial charge in [-0.25, -0.2) is 0 Å². The summed E-state index contributed by atoms with van der Waals surface area (Å²) in [6, 6.07) is 17.5. The van der Waals surface area contributed by atoms with Crippen molar-refractivity contribution in [1.29, 1.82) is 0 Å². The number of para-hydroxylation sites is 1. The van der Waals surface area contributed by atoms with E-state index in [1.807, 2.05) is 60.7 Å². The number of nitrogens with zero attached hydrogens (tertiary/aromatic N) is 2. The summed E-state index contributed by atoms with van der Waals surface area (Å²) in [6.07, 6.45) is 2.47. The van der Waals surface area contributed by atoms with Crippen LogP contribution in [0.2, 0.25) is 0 Å². The molecule has 39 heavy (non-hydrogen) atoms. The van der Waals surface area contributed by atoms with Crippen LogP contribution in [-0.4, -0.2) is 79.3 Å². The average Bonchev–Trinajstić information content (AvgIpc) is 2.95. The predicted molar refractivity (Wildman–Crippen MR) is 151 cm³/mol. The predicted octanol–water partition coefficient (Wildman–Crippen LogP) is -2.32. The molecule has 7 N–H and O–H groups in total. The lowest BCUT2D eigenvalue weighted by Gasteiger charge is -2.22. The van der Waals surface area contributed by atoms with Gasteiger partial charge in [-0.15, -0.1) is 0 Å². The van der Waals surface area contributed by atoms with Crippen LogP contribution in [0.3, 0.4) is 0 Å². The van der Waals surface area contributed by atoms with Crippen molar-refractivity contribution in [1.82, 2.24) is 15.2 Å². The van der Waals surface area contributed by atoms with Crippen LogP contribution < -0.4 is 26.4 Å². The van der Waals surface area contributed by atoms with Crippen LogP contribution in [0.25, 0.3) is 10.9 Å². The van der Waals surface area contributed by atoms with Gasteiger partial charge in [0.25, 0.3) is 5.91 Å². The molecular formula is C29H38N7O3+3. The Morgan fingerprint density at radius 3 is 2.31 bits per heavy atom. The van der Waals surface area contributed by atoms with Crippen LogP contribution in [0, 0.1) is 0 Å². The number of anilines is 1. The van der Waals surface area contributed by atoms with E-state index < -0.39 is 18.0 Å². The highest BCUT2D eigenvalue weighted by atomic mass is 16.2. The highest BCUT2D eigenvalue weighted by Gasteiger charge is 2.29. The van der Waals surface area contributed by atoms with Crippen molar-refractivity contribution >= 4 is 47.7 Å². The first kappa shape index (κ1) is 29.1. The Balaban J connectivity index is 1.69. The van der Waals surface area contributed by atoms with Crippen molar-refractivity contribution in [3.8, 4) is 0 Å². The second-order valence-electron chi connectivity index (χ2n) is 9.27. The van der Waals surface area contributed by atoms with Gasteiger partial charge in [-0.1, -0.05) is 48.5 Å². The molecule has 204 valence electrons. The van der Waals surface area contributed by atoms with Gasteiger partial charge in [0.15, 0.2) is 19.1 Å². The number of carbonyl (C=O) groups is 3. The van der Waals surface area contributed by atoms with Gasteiger partial charge in [-0.05, 0) is 30.5 Å². The molecule has 3 rings (SSSR count). The van der Waals surface area contributed by atoms with Gasteiger partial charge in [0, 0.05) is 5.39 Å². The van der Waals surface area contributed by atoms with Crippen molar-refractivity contribution in [3.63, 3.8) is 0 Å². The number of amides is 3. The summed E-state index contributed by atoms with van der Waals surface area (Å²) in [5, 5.41) is 6.60. The number of hydrogen-bond donors (Lipinski definition) is 5. The molecular weight excluding hydrogens is 494 g/mol. The van der Waals surface area contributed by atoms with E-state index in [2.05, 4.69) is 44.8 Å². The molecule has 0 aliphatic heterocycles. The van der Waals surface area contributed by atoms with E-state index in [-0.39, 0.29) is 18.2 Å². The number of quaternary nitrogens is 1. The summed E-state index contributed by atoms with van der Waals surface area (Å²) in [5.74, 6) is -1.03. The SMILES string of the molecule is C=[NH+]CCN(CC[NH+]=C)C(=O)CC([NH3+])C(=O)NC(CCc1ccccc1)C(=O)Nc1cnc2ccccc2c1. The van der Waals surface area contributed by atoms with Gasteiger partial charge >= 0.3 is 0 Å². The molecule has 0 saturated heterocycles. The van der Waals surface area contributed by atoms with E-state index in [9.17, 15) is 14.4 Å². The summed E-state index contributed by atoms with van der Waals surface area (Å²) in [7, 11) is 0. The molecule has 10 nitrogen and oxygen atoms in total. The van der Waals surface area contributed by atoms with Crippen LogP contribution >= 0.6 is 0 Å². The summed E-state index contributed by atoms with van der Waals surface area (Å²) in [6.45, 7) is 9.09. The summed E-state index contributed by atoms with van der Waals surface area (Å²) < 4.78 is 0. The lowest BCUT2D eigenvalue weighted by atomic mass is 10.0. The monoisotopic (exact) mass is 532 g/mol. The van der Waals surface area contributed by atoms with Crippen LogP contribution in [0.15, 0.2) is 66.9 Å². The van der Waals surface area contributed by atoms with Crippen molar-refractivity contribution in [2.75, 3.05) is 31.5 Å².